The van der Waals surface area contributed by atoms with Gasteiger partial charge in [0, 0.05) is 23.2 Å². The van der Waals surface area contributed by atoms with Crippen molar-refractivity contribution in [2.24, 2.45) is 5.73 Å². The number of rotatable bonds is 10. The number of halogens is 2. The normalized spacial score (nSPS) is 12.2. The quantitative estimate of drug-likeness (QED) is 0.254. The molecule has 0 fully saturated rings. The van der Waals surface area contributed by atoms with Gasteiger partial charge in [0.1, 0.15) is 24.3 Å². The van der Waals surface area contributed by atoms with Crippen molar-refractivity contribution in [1.29, 1.82) is 5.41 Å². The molecular weight excluding hydrogens is 417 g/mol. The predicted octanol–water partition coefficient (Wildman–Crippen LogP) is 2.94. The van der Waals surface area contributed by atoms with E-state index in [1.54, 1.807) is 6.92 Å². The lowest BCUT2D eigenvalue weighted by Gasteiger charge is -2.19. The Balaban J connectivity index is 2.29. The topological polar surface area (TPSA) is 131 Å². The summed E-state index contributed by atoms with van der Waals surface area (Å²) in [6, 6.07) is 7.27. The van der Waals surface area contributed by atoms with E-state index < -0.39 is 17.9 Å². The maximum Gasteiger partial charge on any atom is 0.408 e. The third-order valence-corrected chi connectivity index (χ3v) is 4.06. The number of hydrogen-bond donors (Lipinski definition) is 4. The highest BCUT2D eigenvalue weighted by Crippen LogP contribution is 2.30. The maximum atomic E-state index is 12.9. The summed E-state index contributed by atoms with van der Waals surface area (Å²) in [4.78, 5) is 15.5. The second kappa shape index (κ2) is 10.4. The van der Waals surface area contributed by atoms with Crippen molar-refractivity contribution in [3.05, 3.63) is 47.7 Å². The van der Waals surface area contributed by atoms with Crippen LogP contribution in [0.2, 0.25) is 0 Å². The van der Waals surface area contributed by atoms with Crippen LogP contribution < -0.4 is 15.8 Å². The van der Waals surface area contributed by atoms with Gasteiger partial charge in [-0.3, -0.25) is 4.79 Å². The minimum absolute atomic E-state index is 0.0269. The highest BCUT2D eigenvalue weighted by atomic mass is 31.0. The molecule has 2 atom stereocenters. The third kappa shape index (κ3) is 6.69. The van der Waals surface area contributed by atoms with Crippen molar-refractivity contribution < 1.29 is 28.2 Å². The van der Waals surface area contributed by atoms with Gasteiger partial charge in [0.05, 0.1) is 6.54 Å². The summed E-state index contributed by atoms with van der Waals surface area (Å²) in [6.07, 6.45) is 0.606. The van der Waals surface area contributed by atoms with Crippen molar-refractivity contribution in [3.63, 3.8) is 0 Å². The molecule has 0 aliphatic rings. The summed E-state index contributed by atoms with van der Waals surface area (Å²) in [5.74, 6) is -3.78. The van der Waals surface area contributed by atoms with Crippen LogP contribution in [0.4, 0.5) is 20.3 Å². The summed E-state index contributed by atoms with van der Waals surface area (Å²) in [5, 5.41) is 21.8. The summed E-state index contributed by atoms with van der Waals surface area (Å²) in [7, 11) is 1.29. The second-order valence-corrected chi connectivity index (χ2v) is 6.84. The number of esters is 1. The highest BCUT2D eigenvalue weighted by Gasteiger charge is 2.23. The number of ether oxygens (including phenoxy) is 2. The van der Waals surface area contributed by atoms with Crippen molar-refractivity contribution in [2.75, 3.05) is 18.5 Å². The zero-order chi connectivity index (χ0) is 22.3. The number of hydrogen-bond acceptors (Lipinski definition) is 8. The van der Waals surface area contributed by atoms with Gasteiger partial charge in [-0.1, -0.05) is 6.92 Å². The van der Waals surface area contributed by atoms with E-state index in [9.17, 15) is 18.7 Å². The van der Waals surface area contributed by atoms with Gasteiger partial charge in [0.25, 0.3) is 0 Å². The molecule has 0 spiro atoms. The molecule has 1 aromatic heterocycles. The number of nitrogens with one attached hydrogen (secondary N) is 2. The molecule has 1 heterocycles. The summed E-state index contributed by atoms with van der Waals surface area (Å²) >= 11 is 0. The standard InChI is InChI=1S/C19H23F2N4O4P/c1-2-14(23)17-13(15(26)10-28-16(27)9-22)7-8-24-18(17)25-11-3-5-12(6-4-11)29-19(20,21)30/h3-8,15,23,26H,2,9-10,22,30H2,1H3,(H,24,25). The van der Waals surface area contributed by atoms with Crippen LogP contribution >= 0.6 is 9.24 Å². The number of aromatic nitrogens is 1. The van der Waals surface area contributed by atoms with Crippen LogP contribution in [0, 0.1) is 5.41 Å². The van der Waals surface area contributed by atoms with Crippen LogP contribution in [0.5, 0.6) is 5.75 Å². The summed E-state index contributed by atoms with van der Waals surface area (Å²) in [6.45, 7) is 1.15. The zero-order valence-electron chi connectivity index (χ0n) is 16.2. The number of aliphatic hydroxyl groups is 1. The Labute approximate surface area is 174 Å². The fraction of sp³-hybridized carbons (Fsp3) is 0.316. The number of aliphatic hydroxyl groups excluding tert-OH is 1. The van der Waals surface area contributed by atoms with Crippen LogP contribution in [-0.4, -0.2) is 40.8 Å². The minimum Gasteiger partial charge on any atom is -0.462 e. The first-order chi connectivity index (χ1) is 14.1. The molecule has 0 saturated heterocycles. The van der Waals surface area contributed by atoms with Gasteiger partial charge in [-0.15, -0.1) is 0 Å². The van der Waals surface area contributed by atoms with Crippen molar-refractivity contribution in [1.82, 2.24) is 4.98 Å². The highest BCUT2D eigenvalue weighted by molar-refractivity contribution is 7.17. The smallest absolute Gasteiger partial charge is 0.408 e. The molecule has 2 aromatic rings. The first-order valence-electron chi connectivity index (χ1n) is 8.97. The number of benzene rings is 1. The van der Waals surface area contributed by atoms with Crippen molar-refractivity contribution >= 4 is 32.4 Å². The van der Waals surface area contributed by atoms with E-state index in [0.29, 0.717) is 23.2 Å². The van der Waals surface area contributed by atoms with Gasteiger partial charge in [-0.25, -0.2) is 4.98 Å². The molecule has 5 N–H and O–H groups in total. The van der Waals surface area contributed by atoms with E-state index in [1.807, 2.05) is 0 Å². The fourth-order valence-electron chi connectivity index (χ4n) is 2.56. The number of carbonyl (C=O) groups excluding carboxylic acids is 1. The van der Waals surface area contributed by atoms with Crippen molar-refractivity contribution in [2.45, 2.75) is 25.3 Å². The van der Waals surface area contributed by atoms with Gasteiger partial charge in [0.15, 0.2) is 0 Å². The molecule has 0 amide bonds. The van der Waals surface area contributed by atoms with E-state index >= 15 is 0 Å². The molecule has 0 saturated carbocycles. The molecule has 0 aliphatic carbocycles. The molecule has 1 aromatic carbocycles. The van der Waals surface area contributed by atoms with E-state index in [0.717, 1.165) is 0 Å². The molecule has 2 rings (SSSR count). The Morgan fingerprint density at radius 2 is 2.03 bits per heavy atom. The number of nitrogens with two attached hydrogens (primary N) is 1. The van der Waals surface area contributed by atoms with Crippen molar-refractivity contribution in [3.8, 4) is 5.75 Å². The van der Waals surface area contributed by atoms with Crippen LogP contribution in [0.3, 0.4) is 0 Å². The predicted molar refractivity (Wildman–Crippen MR) is 111 cm³/mol. The van der Waals surface area contributed by atoms with E-state index in [4.69, 9.17) is 15.9 Å². The van der Waals surface area contributed by atoms with Gasteiger partial charge in [0.2, 0.25) is 0 Å². The lowest BCUT2D eigenvalue weighted by Crippen LogP contribution is -2.21. The Bertz CT molecular complexity index is 891. The molecular formula is C19H23F2N4O4P. The molecule has 0 radical (unpaired) electrons. The number of carbonyl (C=O) groups is 1. The molecule has 8 nitrogen and oxygen atoms in total. The van der Waals surface area contributed by atoms with Crippen LogP contribution in [0.25, 0.3) is 0 Å². The fourth-order valence-corrected chi connectivity index (χ4v) is 2.70. The van der Waals surface area contributed by atoms with Gasteiger partial charge >= 0.3 is 11.8 Å². The number of anilines is 2. The monoisotopic (exact) mass is 440 g/mol. The first kappa shape index (κ1) is 23.6. The molecule has 2 unspecified atom stereocenters. The summed E-state index contributed by atoms with van der Waals surface area (Å²) < 4.78 is 35.2. The largest absolute Gasteiger partial charge is 0.462 e. The summed E-state index contributed by atoms with van der Waals surface area (Å²) in [5.41, 5.74) is 6.61. The number of alkyl halides is 2. The number of nitrogens with zero attached hydrogens (tertiary/aromatic N) is 1. The third-order valence-electron chi connectivity index (χ3n) is 3.94. The average Bonchev–Trinajstić information content (AvgIpc) is 2.71. The lowest BCUT2D eigenvalue weighted by atomic mass is 9.98. The molecule has 162 valence electrons. The Morgan fingerprint density at radius 3 is 2.60 bits per heavy atom. The molecule has 30 heavy (non-hydrogen) atoms. The van der Waals surface area contributed by atoms with Crippen LogP contribution in [0.1, 0.15) is 30.6 Å². The van der Waals surface area contributed by atoms with Crippen LogP contribution in [0.15, 0.2) is 36.5 Å². The molecule has 0 bridgehead atoms. The molecule has 11 heteroatoms. The second-order valence-electron chi connectivity index (χ2n) is 6.17. The van der Waals surface area contributed by atoms with E-state index in [-0.39, 0.29) is 30.4 Å². The van der Waals surface area contributed by atoms with E-state index in [1.165, 1.54) is 45.8 Å². The van der Waals surface area contributed by atoms with Crippen LogP contribution in [-0.2, 0) is 9.53 Å². The Hall–Kier alpha value is -2.68. The van der Waals surface area contributed by atoms with E-state index in [2.05, 4.69) is 15.0 Å². The minimum atomic E-state index is -3.38. The van der Waals surface area contributed by atoms with Gasteiger partial charge in [-0.2, -0.15) is 8.78 Å². The lowest BCUT2D eigenvalue weighted by molar-refractivity contribution is -0.145. The average molecular weight is 440 g/mol. The number of pyridine rings is 1. The zero-order valence-corrected chi connectivity index (χ0v) is 17.3. The Morgan fingerprint density at radius 1 is 1.37 bits per heavy atom. The molecule has 0 aliphatic heterocycles. The Kier molecular flexibility index (Phi) is 8.16. The first-order valence-corrected chi connectivity index (χ1v) is 9.55. The van der Waals surface area contributed by atoms with Gasteiger partial charge in [-0.05, 0) is 51.6 Å². The maximum absolute atomic E-state index is 12.9. The SMILES string of the molecule is CCC(=N)c1c(C(O)COC(=O)CN)ccnc1Nc1ccc(OC(F)(F)P)cc1. The van der Waals surface area contributed by atoms with Gasteiger partial charge < -0.3 is 31.0 Å².